The number of aryl methyl sites for hydroxylation is 2. The summed E-state index contributed by atoms with van der Waals surface area (Å²) in [4.78, 5) is 4.39. The van der Waals surface area contributed by atoms with Crippen LogP contribution in [0.25, 0.3) is 0 Å². The van der Waals surface area contributed by atoms with Gasteiger partial charge in [-0.05, 0) is 43.9 Å². The molecule has 0 bridgehead atoms. The SMILES string of the molecule is CCC1(CNC(=NC)NCCCc2nnc3n2CCCCC3)CCCC1. The van der Waals surface area contributed by atoms with Crippen LogP contribution in [-0.4, -0.2) is 40.9 Å². The first-order valence-electron chi connectivity index (χ1n) is 10.6. The Morgan fingerprint density at radius 2 is 1.96 bits per heavy atom. The molecule has 1 saturated carbocycles. The van der Waals surface area contributed by atoms with E-state index in [1.807, 2.05) is 7.05 Å². The molecule has 1 aliphatic heterocycles. The summed E-state index contributed by atoms with van der Waals surface area (Å²) in [6.07, 6.45) is 13.7. The number of fused-ring (bicyclic) bond motifs is 1. The topological polar surface area (TPSA) is 67.1 Å². The quantitative estimate of drug-likeness (QED) is 0.445. The van der Waals surface area contributed by atoms with Gasteiger partial charge in [0.05, 0.1) is 0 Å². The molecule has 6 nitrogen and oxygen atoms in total. The molecule has 1 fully saturated rings. The fraction of sp³-hybridized carbons (Fsp3) is 0.850. The Kier molecular flexibility index (Phi) is 6.92. The minimum absolute atomic E-state index is 0.483. The third-order valence-electron chi connectivity index (χ3n) is 6.32. The van der Waals surface area contributed by atoms with Crippen molar-refractivity contribution in [1.29, 1.82) is 0 Å². The van der Waals surface area contributed by atoms with Gasteiger partial charge in [-0.25, -0.2) is 0 Å². The van der Waals surface area contributed by atoms with E-state index in [2.05, 4.69) is 37.3 Å². The van der Waals surface area contributed by atoms with Crippen molar-refractivity contribution in [2.75, 3.05) is 20.1 Å². The van der Waals surface area contributed by atoms with E-state index in [1.54, 1.807) is 0 Å². The molecular weight excluding hydrogens is 324 g/mol. The Morgan fingerprint density at radius 3 is 2.73 bits per heavy atom. The molecule has 0 atom stereocenters. The number of aromatic nitrogens is 3. The van der Waals surface area contributed by atoms with Crippen molar-refractivity contribution in [1.82, 2.24) is 25.4 Å². The third kappa shape index (κ3) is 4.77. The summed E-state index contributed by atoms with van der Waals surface area (Å²) in [5.74, 6) is 3.27. The molecule has 26 heavy (non-hydrogen) atoms. The molecule has 2 heterocycles. The van der Waals surface area contributed by atoms with Gasteiger partial charge in [-0.15, -0.1) is 10.2 Å². The van der Waals surface area contributed by atoms with Crippen molar-refractivity contribution in [3.8, 4) is 0 Å². The second-order valence-corrected chi connectivity index (χ2v) is 8.01. The van der Waals surface area contributed by atoms with E-state index in [0.29, 0.717) is 5.41 Å². The number of guanidine groups is 1. The summed E-state index contributed by atoms with van der Waals surface area (Å²) in [5, 5.41) is 15.8. The summed E-state index contributed by atoms with van der Waals surface area (Å²) < 4.78 is 2.35. The van der Waals surface area contributed by atoms with Crippen molar-refractivity contribution in [3.63, 3.8) is 0 Å². The lowest BCUT2D eigenvalue weighted by Crippen LogP contribution is -2.43. The number of nitrogens with one attached hydrogen (secondary N) is 2. The number of aliphatic imine (C=N–C) groups is 1. The molecule has 2 N–H and O–H groups in total. The molecule has 1 aliphatic carbocycles. The van der Waals surface area contributed by atoms with E-state index >= 15 is 0 Å². The maximum absolute atomic E-state index is 4.42. The van der Waals surface area contributed by atoms with Gasteiger partial charge in [0.15, 0.2) is 5.96 Å². The van der Waals surface area contributed by atoms with Gasteiger partial charge in [-0.3, -0.25) is 4.99 Å². The van der Waals surface area contributed by atoms with Crippen LogP contribution < -0.4 is 10.6 Å². The van der Waals surface area contributed by atoms with Crippen molar-refractivity contribution in [3.05, 3.63) is 11.6 Å². The Balaban J connectivity index is 1.40. The Morgan fingerprint density at radius 1 is 1.12 bits per heavy atom. The van der Waals surface area contributed by atoms with Crippen LogP contribution in [0.1, 0.15) is 76.4 Å². The van der Waals surface area contributed by atoms with Gasteiger partial charge in [-0.2, -0.15) is 0 Å². The molecule has 0 unspecified atom stereocenters. The van der Waals surface area contributed by atoms with Gasteiger partial charge in [-0.1, -0.05) is 26.2 Å². The first-order chi connectivity index (χ1) is 12.8. The van der Waals surface area contributed by atoms with Crippen LogP contribution in [0.3, 0.4) is 0 Å². The van der Waals surface area contributed by atoms with Crippen LogP contribution in [-0.2, 0) is 19.4 Å². The van der Waals surface area contributed by atoms with Crippen molar-refractivity contribution >= 4 is 5.96 Å². The van der Waals surface area contributed by atoms with Crippen LogP contribution in [0.15, 0.2) is 4.99 Å². The fourth-order valence-corrected chi connectivity index (χ4v) is 4.46. The summed E-state index contributed by atoms with van der Waals surface area (Å²) in [5.41, 5.74) is 0.483. The first-order valence-corrected chi connectivity index (χ1v) is 10.6. The van der Waals surface area contributed by atoms with E-state index in [-0.39, 0.29) is 0 Å². The van der Waals surface area contributed by atoms with Gasteiger partial charge in [0.1, 0.15) is 11.6 Å². The van der Waals surface area contributed by atoms with E-state index in [1.165, 1.54) is 57.2 Å². The molecule has 0 radical (unpaired) electrons. The normalized spacial score (nSPS) is 19.8. The van der Waals surface area contributed by atoms with Gasteiger partial charge < -0.3 is 15.2 Å². The molecule has 0 aromatic carbocycles. The molecule has 146 valence electrons. The highest BCUT2D eigenvalue weighted by atomic mass is 15.3. The molecule has 6 heteroatoms. The lowest BCUT2D eigenvalue weighted by atomic mass is 9.83. The van der Waals surface area contributed by atoms with Gasteiger partial charge in [0, 0.05) is 39.5 Å². The summed E-state index contributed by atoms with van der Waals surface area (Å²) >= 11 is 0. The number of rotatable bonds is 7. The Hall–Kier alpha value is -1.59. The molecule has 0 saturated heterocycles. The van der Waals surface area contributed by atoms with Gasteiger partial charge in [0.2, 0.25) is 0 Å². The monoisotopic (exact) mass is 360 g/mol. The summed E-state index contributed by atoms with van der Waals surface area (Å²) in [6.45, 7) is 5.37. The van der Waals surface area contributed by atoms with Crippen molar-refractivity contribution in [2.24, 2.45) is 10.4 Å². The summed E-state index contributed by atoms with van der Waals surface area (Å²) in [6, 6.07) is 0. The minimum Gasteiger partial charge on any atom is -0.356 e. The molecule has 3 rings (SSSR count). The maximum Gasteiger partial charge on any atom is 0.190 e. The number of hydrogen-bond acceptors (Lipinski definition) is 3. The molecule has 2 aliphatic rings. The molecule has 1 aromatic heterocycles. The minimum atomic E-state index is 0.483. The number of nitrogens with zero attached hydrogens (tertiary/aromatic N) is 4. The van der Waals surface area contributed by atoms with E-state index in [4.69, 9.17) is 0 Å². The van der Waals surface area contributed by atoms with Crippen LogP contribution in [0, 0.1) is 5.41 Å². The zero-order chi connectivity index (χ0) is 18.2. The van der Waals surface area contributed by atoms with E-state index in [0.717, 1.165) is 50.7 Å². The molecule has 0 amide bonds. The predicted molar refractivity (Wildman–Crippen MR) is 106 cm³/mol. The van der Waals surface area contributed by atoms with Crippen molar-refractivity contribution in [2.45, 2.75) is 84.1 Å². The van der Waals surface area contributed by atoms with Crippen molar-refractivity contribution < 1.29 is 0 Å². The molecule has 1 aromatic rings. The lowest BCUT2D eigenvalue weighted by molar-refractivity contribution is 0.283. The van der Waals surface area contributed by atoms with Crippen LogP contribution in [0.4, 0.5) is 0 Å². The van der Waals surface area contributed by atoms with Gasteiger partial charge >= 0.3 is 0 Å². The molecular formula is C20H36N6. The Labute approximate surface area is 158 Å². The Bertz CT molecular complexity index is 585. The highest BCUT2D eigenvalue weighted by molar-refractivity contribution is 5.79. The predicted octanol–water partition coefficient (Wildman–Crippen LogP) is 3.07. The van der Waals surface area contributed by atoms with Crippen LogP contribution in [0.2, 0.25) is 0 Å². The van der Waals surface area contributed by atoms with Crippen LogP contribution in [0.5, 0.6) is 0 Å². The zero-order valence-electron chi connectivity index (χ0n) is 16.7. The molecule has 0 spiro atoms. The van der Waals surface area contributed by atoms with Gasteiger partial charge in [0.25, 0.3) is 0 Å². The fourth-order valence-electron chi connectivity index (χ4n) is 4.46. The second-order valence-electron chi connectivity index (χ2n) is 8.01. The highest BCUT2D eigenvalue weighted by Crippen LogP contribution is 2.40. The van der Waals surface area contributed by atoms with E-state index in [9.17, 15) is 0 Å². The first kappa shape index (κ1) is 19.2. The summed E-state index contributed by atoms with van der Waals surface area (Å²) in [7, 11) is 1.86. The standard InChI is InChI=1S/C20H36N6/c1-3-20(12-6-7-13-20)16-23-19(21-2)22-14-9-11-18-25-24-17-10-5-4-8-15-26(17)18/h3-16H2,1-2H3,(H2,21,22,23). The maximum atomic E-state index is 4.42. The second kappa shape index (κ2) is 9.38. The third-order valence-corrected chi connectivity index (χ3v) is 6.32. The van der Waals surface area contributed by atoms with Crippen LogP contribution >= 0.6 is 0 Å². The average molecular weight is 361 g/mol. The lowest BCUT2D eigenvalue weighted by Gasteiger charge is -2.28. The van der Waals surface area contributed by atoms with E-state index < -0.39 is 0 Å². The largest absolute Gasteiger partial charge is 0.356 e. The number of hydrogen-bond donors (Lipinski definition) is 2. The smallest absolute Gasteiger partial charge is 0.190 e. The average Bonchev–Trinajstić information content (AvgIpc) is 3.22. The highest BCUT2D eigenvalue weighted by Gasteiger charge is 2.31. The zero-order valence-corrected chi connectivity index (χ0v) is 16.7.